The number of aliphatic carboxylic acids is 1. The molecule has 0 bridgehead atoms. The molecule has 0 radical (unpaired) electrons. The highest BCUT2D eigenvalue weighted by Gasteiger charge is 2.00. The quantitative estimate of drug-likeness (QED) is 0.454. The first-order chi connectivity index (χ1) is 8.16. The van der Waals surface area contributed by atoms with Crippen LogP contribution < -0.4 is 5.73 Å². The number of hydrogen-bond donors (Lipinski definition) is 2. The Bertz CT molecular complexity index is 247. The highest BCUT2D eigenvalue weighted by Crippen LogP contribution is 2.02. The Morgan fingerprint density at radius 2 is 2.06 bits per heavy atom. The molecule has 1 unspecified atom stereocenters. The molecule has 1 atom stereocenters. The van der Waals surface area contributed by atoms with Crippen LogP contribution in [0, 0.1) is 0 Å². The number of unbranched alkanes of at least 4 members (excludes halogenated alkanes) is 3. The van der Waals surface area contributed by atoms with Crippen molar-refractivity contribution in [3.63, 3.8) is 0 Å². The van der Waals surface area contributed by atoms with E-state index in [-0.39, 0.29) is 12.5 Å². The van der Waals surface area contributed by atoms with Gasteiger partial charge in [0.25, 0.3) is 0 Å². The highest BCUT2D eigenvalue weighted by molar-refractivity contribution is 5.66. The molecule has 3 nitrogen and oxygen atoms in total. The van der Waals surface area contributed by atoms with Gasteiger partial charge in [-0.3, -0.25) is 4.79 Å². The van der Waals surface area contributed by atoms with Gasteiger partial charge in [0, 0.05) is 12.5 Å². The topological polar surface area (TPSA) is 63.3 Å². The minimum atomic E-state index is -0.753. The van der Waals surface area contributed by atoms with Gasteiger partial charge in [-0.2, -0.15) is 0 Å². The van der Waals surface area contributed by atoms with Crippen LogP contribution in [0.4, 0.5) is 0 Å². The molecule has 17 heavy (non-hydrogen) atoms. The molecule has 3 heteroatoms. The lowest BCUT2D eigenvalue weighted by Gasteiger charge is -2.03. The van der Waals surface area contributed by atoms with E-state index >= 15 is 0 Å². The van der Waals surface area contributed by atoms with Crippen molar-refractivity contribution in [2.45, 2.75) is 57.9 Å². The fourth-order valence-corrected chi connectivity index (χ4v) is 1.48. The van der Waals surface area contributed by atoms with Gasteiger partial charge >= 0.3 is 5.97 Å². The van der Waals surface area contributed by atoms with Crippen molar-refractivity contribution in [2.24, 2.45) is 5.73 Å². The molecular formula is C14H25NO2. The number of nitrogens with two attached hydrogens (primary N) is 1. The van der Waals surface area contributed by atoms with Crippen LogP contribution in [0.2, 0.25) is 0 Å². The predicted molar refractivity (Wildman–Crippen MR) is 71.9 cm³/mol. The summed E-state index contributed by atoms with van der Waals surface area (Å²) in [5, 5.41) is 8.47. The Kier molecular flexibility index (Phi) is 10.7. The second-order valence-electron chi connectivity index (χ2n) is 4.26. The summed E-state index contributed by atoms with van der Waals surface area (Å²) in [7, 11) is 0. The molecule has 0 saturated carbocycles. The average molecular weight is 239 g/mol. The molecule has 0 fully saturated rings. The number of allylic oxidation sites excluding steroid dienone is 3. The molecule has 0 aromatic carbocycles. The van der Waals surface area contributed by atoms with Gasteiger partial charge < -0.3 is 10.8 Å². The Morgan fingerprint density at radius 1 is 1.29 bits per heavy atom. The van der Waals surface area contributed by atoms with Crippen molar-refractivity contribution >= 4 is 5.97 Å². The van der Waals surface area contributed by atoms with Gasteiger partial charge in [0.1, 0.15) is 0 Å². The van der Waals surface area contributed by atoms with Gasteiger partial charge in [-0.1, -0.05) is 44.1 Å². The molecule has 0 heterocycles. The summed E-state index contributed by atoms with van der Waals surface area (Å²) in [5.41, 5.74) is 5.81. The molecule has 0 saturated heterocycles. The molecule has 0 aliphatic heterocycles. The first-order valence-corrected chi connectivity index (χ1v) is 6.47. The van der Waals surface area contributed by atoms with Gasteiger partial charge in [0.05, 0.1) is 0 Å². The third kappa shape index (κ3) is 12.8. The van der Waals surface area contributed by atoms with E-state index in [1.54, 1.807) is 0 Å². The predicted octanol–water partition coefficient (Wildman–Crippen LogP) is 3.26. The maximum atomic E-state index is 10.3. The second kappa shape index (κ2) is 11.4. The molecule has 0 aromatic heterocycles. The lowest BCUT2D eigenvalue weighted by Crippen LogP contribution is -2.16. The van der Waals surface area contributed by atoms with E-state index < -0.39 is 5.97 Å². The van der Waals surface area contributed by atoms with E-state index in [9.17, 15) is 4.79 Å². The van der Waals surface area contributed by atoms with Crippen molar-refractivity contribution in [1.82, 2.24) is 0 Å². The van der Waals surface area contributed by atoms with Crippen molar-refractivity contribution in [1.29, 1.82) is 0 Å². The van der Waals surface area contributed by atoms with Crippen molar-refractivity contribution in [3.8, 4) is 0 Å². The van der Waals surface area contributed by atoms with Crippen LogP contribution in [0.15, 0.2) is 24.3 Å². The van der Waals surface area contributed by atoms with E-state index in [1.165, 1.54) is 19.3 Å². The van der Waals surface area contributed by atoms with Gasteiger partial charge in [-0.15, -0.1) is 0 Å². The summed E-state index contributed by atoms with van der Waals surface area (Å²) in [6.45, 7) is 2.19. The second-order valence-corrected chi connectivity index (χ2v) is 4.26. The summed E-state index contributed by atoms with van der Waals surface area (Å²) in [5.74, 6) is -0.753. The average Bonchev–Trinajstić information content (AvgIpc) is 2.27. The van der Waals surface area contributed by atoms with E-state index in [0.717, 1.165) is 12.8 Å². The third-order valence-electron chi connectivity index (χ3n) is 2.51. The molecule has 0 amide bonds. The van der Waals surface area contributed by atoms with Crippen molar-refractivity contribution in [2.75, 3.05) is 0 Å². The normalized spacial score (nSPS) is 13.5. The zero-order chi connectivity index (χ0) is 12.9. The molecule has 98 valence electrons. The minimum absolute atomic E-state index is 0.0327. The first kappa shape index (κ1) is 15.9. The van der Waals surface area contributed by atoms with Gasteiger partial charge in [0.2, 0.25) is 0 Å². The van der Waals surface area contributed by atoms with Crippen LogP contribution >= 0.6 is 0 Å². The van der Waals surface area contributed by atoms with Gasteiger partial charge in [0.15, 0.2) is 0 Å². The third-order valence-corrected chi connectivity index (χ3v) is 2.51. The Balaban J connectivity index is 3.51. The number of carboxylic acid groups (broad SMARTS) is 1. The molecule has 0 aliphatic carbocycles. The van der Waals surface area contributed by atoms with Crippen molar-refractivity contribution in [3.05, 3.63) is 24.3 Å². The highest BCUT2D eigenvalue weighted by atomic mass is 16.4. The van der Waals surface area contributed by atoms with Crippen LogP contribution in [-0.4, -0.2) is 17.1 Å². The van der Waals surface area contributed by atoms with E-state index in [4.69, 9.17) is 10.8 Å². The number of rotatable bonds is 10. The monoisotopic (exact) mass is 239 g/mol. The Morgan fingerprint density at radius 3 is 2.71 bits per heavy atom. The van der Waals surface area contributed by atoms with Crippen molar-refractivity contribution < 1.29 is 9.90 Å². The summed E-state index contributed by atoms with van der Waals surface area (Å²) in [4.78, 5) is 10.3. The van der Waals surface area contributed by atoms with Gasteiger partial charge in [-0.25, -0.2) is 0 Å². The van der Waals surface area contributed by atoms with Crippen LogP contribution in [0.1, 0.15) is 51.9 Å². The maximum Gasteiger partial charge on any atom is 0.303 e. The van der Waals surface area contributed by atoms with Crippen LogP contribution in [0.3, 0.4) is 0 Å². The molecule has 0 rings (SSSR count). The fraction of sp³-hybridized carbons (Fsp3) is 0.643. The van der Waals surface area contributed by atoms with E-state index in [1.807, 2.05) is 18.2 Å². The van der Waals surface area contributed by atoms with Crippen LogP contribution in [-0.2, 0) is 4.79 Å². The molecular weight excluding hydrogens is 214 g/mol. The zero-order valence-corrected chi connectivity index (χ0v) is 10.8. The zero-order valence-electron chi connectivity index (χ0n) is 10.8. The summed E-state index contributed by atoms with van der Waals surface area (Å²) in [6.07, 6.45) is 14.5. The van der Waals surface area contributed by atoms with E-state index in [2.05, 4.69) is 13.0 Å². The number of carbonyl (C=O) groups is 1. The van der Waals surface area contributed by atoms with Gasteiger partial charge in [-0.05, 0) is 25.7 Å². The molecule has 3 N–H and O–H groups in total. The summed E-state index contributed by atoms with van der Waals surface area (Å²) < 4.78 is 0. The Hall–Kier alpha value is -1.09. The first-order valence-electron chi connectivity index (χ1n) is 6.47. The maximum absolute atomic E-state index is 10.3. The minimum Gasteiger partial charge on any atom is -0.481 e. The standard InChI is InChI=1S/C14H25NO2/c1-2-3-4-5-6-7-8-10-13(15)11-9-12-14(16)17/h6-8,10,13H,2-5,9,11-12,15H2,1H3,(H,16,17)/b7-6-,10-8+. The number of carboxylic acids is 1. The fourth-order valence-electron chi connectivity index (χ4n) is 1.48. The molecule has 0 spiro atoms. The summed E-state index contributed by atoms with van der Waals surface area (Å²) in [6, 6.07) is -0.0327. The lowest BCUT2D eigenvalue weighted by atomic mass is 10.1. The molecule has 0 aliphatic rings. The van der Waals surface area contributed by atoms with Crippen LogP contribution in [0.25, 0.3) is 0 Å². The lowest BCUT2D eigenvalue weighted by molar-refractivity contribution is -0.137. The largest absolute Gasteiger partial charge is 0.481 e. The number of hydrogen-bond acceptors (Lipinski definition) is 2. The van der Waals surface area contributed by atoms with E-state index in [0.29, 0.717) is 6.42 Å². The Labute approximate surface area is 104 Å². The van der Waals surface area contributed by atoms with Crippen LogP contribution in [0.5, 0.6) is 0 Å². The SMILES string of the molecule is CCCCC/C=C\C=C\C(N)CCCC(=O)O. The molecule has 0 aromatic rings. The summed E-state index contributed by atoms with van der Waals surface area (Å²) >= 11 is 0. The smallest absolute Gasteiger partial charge is 0.303 e.